The second-order valence-electron chi connectivity index (χ2n) is 11.2. The van der Waals surface area contributed by atoms with Gasteiger partial charge in [0.2, 0.25) is 0 Å². The molecule has 1 unspecified atom stereocenters. The maximum absolute atomic E-state index is 14.0. The number of nitriles is 1. The van der Waals surface area contributed by atoms with E-state index in [0.717, 1.165) is 50.3 Å². The zero-order chi connectivity index (χ0) is 28.3. The van der Waals surface area contributed by atoms with Gasteiger partial charge in [-0.1, -0.05) is 42.5 Å². The standard InChI is InChI=1S/C34H34FN5O/c1-24(26-9-7-25(21-36)8-10-26)38-18-15-28(16-19-38)33-32(22-37-40(33)31-13-11-30(35)12-14-31)34(41)39-20-17-29(23-39)27-5-3-2-4-6-27/h2-14,22,24,28-29H,15-20,23H2,1H3/t24?,29-/m0/s1. The molecule has 4 aromatic rings. The highest BCUT2D eigenvalue weighted by atomic mass is 19.1. The molecule has 0 aliphatic carbocycles. The summed E-state index contributed by atoms with van der Waals surface area (Å²) >= 11 is 0. The summed E-state index contributed by atoms with van der Waals surface area (Å²) in [6, 6.07) is 27.0. The lowest BCUT2D eigenvalue weighted by Gasteiger charge is -2.36. The van der Waals surface area contributed by atoms with Gasteiger partial charge in [-0.15, -0.1) is 0 Å². The van der Waals surface area contributed by atoms with E-state index in [1.54, 1.807) is 18.3 Å². The van der Waals surface area contributed by atoms with Crippen molar-refractivity contribution >= 4 is 5.91 Å². The van der Waals surface area contributed by atoms with Gasteiger partial charge >= 0.3 is 0 Å². The van der Waals surface area contributed by atoms with E-state index in [0.29, 0.717) is 23.6 Å². The van der Waals surface area contributed by atoms with Crippen molar-refractivity contribution in [3.05, 3.63) is 119 Å². The highest BCUT2D eigenvalue weighted by Crippen LogP contribution is 2.36. The number of hydrogen-bond donors (Lipinski definition) is 0. The Kier molecular flexibility index (Phi) is 7.67. The molecule has 0 bridgehead atoms. The zero-order valence-electron chi connectivity index (χ0n) is 23.3. The lowest BCUT2D eigenvalue weighted by Crippen LogP contribution is -2.36. The van der Waals surface area contributed by atoms with E-state index in [4.69, 9.17) is 5.26 Å². The highest BCUT2D eigenvalue weighted by Gasteiger charge is 2.34. The average Bonchev–Trinajstić information content (AvgIpc) is 3.70. The Morgan fingerprint density at radius 2 is 1.61 bits per heavy atom. The normalized spacial score (nSPS) is 18.8. The Hall–Kier alpha value is -4.28. The molecule has 2 aliphatic heterocycles. The van der Waals surface area contributed by atoms with E-state index in [2.05, 4.69) is 47.3 Å². The topological polar surface area (TPSA) is 65.2 Å². The smallest absolute Gasteiger partial charge is 0.257 e. The van der Waals surface area contributed by atoms with E-state index >= 15 is 0 Å². The molecule has 0 saturated carbocycles. The first-order chi connectivity index (χ1) is 20.0. The van der Waals surface area contributed by atoms with Gasteiger partial charge in [0.05, 0.1) is 34.8 Å². The number of aromatic nitrogens is 2. The van der Waals surface area contributed by atoms with Gasteiger partial charge in [0.1, 0.15) is 5.82 Å². The third kappa shape index (κ3) is 5.53. The van der Waals surface area contributed by atoms with Crippen LogP contribution in [0.2, 0.25) is 0 Å². The van der Waals surface area contributed by atoms with E-state index < -0.39 is 0 Å². The van der Waals surface area contributed by atoms with Gasteiger partial charge in [-0.3, -0.25) is 9.69 Å². The van der Waals surface area contributed by atoms with Crippen LogP contribution in [0.15, 0.2) is 85.1 Å². The lowest BCUT2D eigenvalue weighted by atomic mass is 9.89. The number of nitrogens with zero attached hydrogens (tertiary/aromatic N) is 5. The molecule has 208 valence electrons. The van der Waals surface area contributed by atoms with Crippen molar-refractivity contribution in [2.45, 2.75) is 44.1 Å². The van der Waals surface area contributed by atoms with Crippen molar-refractivity contribution in [2.75, 3.05) is 26.2 Å². The number of amides is 1. The van der Waals surface area contributed by atoms with Crippen LogP contribution in [-0.4, -0.2) is 51.7 Å². The van der Waals surface area contributed by atoms with Crippen molar-refractivity contribution < 1.29 is 9.18 Å². The fraction of sp³-hybridized carbons (Fsp3) is 0.324. The number of hydrogen-bond acceptors (Lipinski definition) is 4. The fourth-order valence-corrected chi connectivity index (χ4v) is 6.42. The number of carbonyl (C=O) groups excluding carboxylic acids is 1. The summed E-state index contributed by atoms with van der Waals surface area (Å²) in [5.74, 6) is 0.217. The monoisotopic (exact) mass is 547 g/mol. The molecule has 2 fully saturated rings. The van der Waals surface area contributed by atoms with Gasteiger partial charge < -0.3 is 4.90 Å². The summed E-state index contributed by atoms with van der Waals surface area (Å²) < 4.78 is 15.6. The molecular weight excluding hydrogens is 513 g/mol. The van der Waals surface area contributed by atoms with Crippen LogP contribution in [0.5, 0.6) is 0 Å². The minimum absolute atomic E-state index is 0.0279. The van der Waals surface area contributed by atoms with Crippen LogP contribution in [0.3, 0.4) is 0 Å². The molecule has 6 rings (SSSR count). The molecule has 1 amide bonds. The number of likely N-dealkylation sites (tertiary alicyclic amines) is 2. The summed E-state index contributed by atoms with van der Waals surface area (Å²) in [5.41, 5.74) is 5.47. The predicted octanol–water partition coefficient (Wildman–Crippen LogP) is 6.45. The van der Waals surface area contributed by atoms with Crippen molar-refractivity contribution in [1.29, 1.82) is 5.26 Å². The van der Waals surface area contributed by atoms with Gasteiger partial charge in [0.25, 0.3) is 5.91 Å². The van der Waals surface area contributed by atoms with Gasteiger partial charge in [-0.05, 0) is 86.8 Å². The Balaban J connectivity index is 1.24. The molecule has 2 saturated heterocycles. The molecule has 0 N–H and O–H groups in total. The molecule has 3 heterocycles. The van der Waals surface area contributed by atoms with Crippen LogP contribution in [0.1, 0.15) is 76.8 Å². The fourth-order valence-electron chi connectivity index (χ4n) is 6.42. The van der Waals surface area contributed by atoms with E-state index in [1.165, 1.54) is 23.3 Å². The molecule has 7 heteroatoms. The van der Waals surface area contributed by atoms with Crippen molar-refractivity contribution in [1.82, 2.24) is 19.6 Å². The number of halogens is 1. The Morgan fingerprint density at radius 1 is 0.927 bits per heavy atom. The third-order valence-corrected chi connectivity index (χ3v) is 8.84. The second kappa shape index (κ2) is 11.7. The minimum atomic E-state index is -0.298. The van der Waals surface area contributed by atoms with E-state index in [-0.39, 0.29) is 23.7 Å². The van der Waals surface area contributed by atoms with Crippen LogP contribution in [0.4, 0.5) is 4.39 Å². The van der Waals surface area contributed by atoms with Gasteiger partial charge in [-0.2, -0.15) is 10.4 Å². The van der Waals surface area contributed by atoms with Crippen molar-refractivity contribution in [3.63, 3.8) is 0 Å². The number of carbonyl (C=O) groups is 1. The van der Waals surface area contributed by atoms with Gasteiger partial charge in [0.15, 0.2) is 0 Å². The average molecular weight is 548 g/mol. The first kappa shape index (κ1) is 26.9. The Bertz CT molecular complexity index is 1530. The van der Waals surface area contributed by atoms with Crippen LogP contribution in [-0.2, 0) is 0 Å². The lowest BCUT2D eigenvalue weighted by molar-refractivity contribution is 0.0787. The Labute approximate surface area is 240 Å². The molecule has 2 aliphatic rings. The minimum Gasteiger partial charge on any atom is -0.338 e. The molecular formula is C34H34FN5O. The quantitative estimate of drug-likeness (QED) is 0.278. The number of rotatable bonds is 6. The van der Waals surface area contributed by atoms with Crippen molar-refractivity contribution in [2.24, 2.45) is 0 Å². The number of benzene rings is 3. The Morgan fingerprint density at radius 3 is 2.29 bits per heavy atom. The van der Waals surface area contributed by atoms with E-state index in [9.17, 15) is 9.18 Å². The second-order valence-corrected chi connectivity index (χ2v) is 11.2. The maximum atomic E-state index is 14.0. The van der Waals surface area contributed by atoms with Crippen LogP contribution in [0, 0.1) is 17.1 Å². The third-order valence-electron chi connectivity index (χ3n) is 8.84. The molecule has 0 spiro atoms. The SMILES string of the molecule is CC(c1ccc(C#N)cc1)N1CCC(c2c(C(=O)N3CC[C@H](c4ccccc4)C3)cnn2-c2ccc(F)cc2)CC1. The molecule has 6 nitrogen and oxygen atoms in total. The first-order valence-corrected chi connectivity index (χ1v) is 14.4. The molecule has 3 aromatic carbocycles. The van der Waals surface area contributed by atoms with Crippen LogP contribution in [0.25, 0.3) is 5.69 Å². The highest BCUT2D eigenvalue weighted by molar-refractivity contribution is 5.95. The maximum Gasteiger partial charge on any atom is 0.257 e. The summed E-state index contributed by atoms with van der Waals surface area (Å²) in [4.78, 5) is 18.4. The zero-order valence-corrected chi connectivity index (χ0v) is 23.3. The molecule has 0 radical (unpaired) electrons. The molecule has 1 aromatic heterocycles. The van der Waals surface area contributed by atoms with Gasteiger partial charge in [-0.25, -0.2) is 9.07 Å². The molecule has 2 atom stereocenters. The summed E-state index contributed by atoms with van der Waals surface area (Å²) in [7, 11) is 0. The largest absolute Gasteiger partial charge is 0.338 e. The number of piperidine rings is 1. The summed E-state index contributed by atoms with van der Waals surface area (Å²) in [5, 5.41) is 13.8. The van der Waals surface area contributed by atoms with Crippen LogP contribution >= 0.6 is 0 Å². The van der Waals surface area contributed by atoms with E-state index in [1.807, 2.05) is 39.9 Å². The first-order valence-electron chi connectivity index (χ1n) is 14.4. The van der Waals surface area contributed by atoms with Gasteiger partial charge in [0, 0.05) is 31.0 Å². The summed E-state index contributed by atoms with van der Waals surface area (Å²) in [6.07, 6.45) is 4.44. The predicted molar refractivity (Wildman–Crippen MR) is 156 cm³/mol. The summed E-state index contributed by atoms with van der Waals surface area (Å²) in [6.45, 7) is 5.39. The molecule has 41 heavy (non-hydrogen) atoms. The van der Waals surface area contributed by atoms with Crippen molar-refractivity contribution in [3.8, 4) is 11.8 Å². The van der Waals surface area contributed by atoms with Crippen LogP contribution < -0.4 is 0 Å².